The Bertz CT molecular complexity index is 694. The van der Waals surface area contributed by atoms with Crippen molar-refractivity contribution in [1.29, 1.82) is 0 Å². The normalized spacial score (nSPS) is 12.3. The van der Waals surface area contributed by atoms with Gasteiger partial charge in [-0.05, 0) is 12.2 Å². The van der Waals surface area contributed by atoms with Crippen LogP contribution in [-0.4, -0.2) is 29.0 Å². The lowest BCUT2D eigenvalue weighted by molar-refractivity contribution is -0.137. The smallest absolute Gasteiger partial charge is 0.324 e. The minimum Gasteiger partial charge on any atom is -0.494 e. The summed E-state index contributed by atoms with van der Waals surface area (Å²) in [7, 11) is 1.20. The Balaban J connectivity index is 2.59. The average molecular weight is 312 g/mol. The van der Waals surface area contributed by atoms with Crippen LogP contribution in [0, 0.1) is 10.6 Å². The van der Waals surface area contributed by atoms with E-state index in [1.165, 1.54) is 7.11 Å². The molecule has 0 bridgehead atoms. The van der Waals surface area contributed by atoms with Crippen molar-refractivity contribution in [1.82, 2.24) is 9.55 Å². The molecule has 0 fully saturated rings. The van der Waals surface area contributed by atoms with E-state index in [1.54, 1.807) is 0 Å². The second-order valence-electron chi connectivity index (χ2n) is 4.08. The summed E-state index contributed by atoms with van der Waals surface area (Å²) in [6, 6.07) is 2.12. The van der Waals surface area contributed by atoms with Crippen molar-refractivity contribution in [3.05, 3.63) is 22.7 Å². The lowest BCUT2D eigenvalue weighted by atomic mass is 10.2. The van der Waals surface area contributed by atoms with Gasteiger partial charge in [0, 0.05) is 12.1 Å². The molecule has 2 rings (SSSR count). The Kier molecular flexibility index (Phi) is 3.72. The van der Waals surface area contributed by atoms with E-state index in [0.29, 0.717) is 0 Å². The highest BCUT2D eigenvalue weighted by atomic mass is 32.1. The van der Waals surface area contributed by atoms with E-state index in [4.69, 9.17) is 17.0 Å². The fourth-order valence-corrected chi connectivity index (χ4v) is 2.02. The quantitative estimate of drug-likeness (QED) is 0.688. The van der Waals surface area contributed by atoms with Crippen LogP contribution in [0.25, 0.3) is 11.0 Å². The number of hydrogen-bond donors (Lipinski definition) is 1. The number of nitrogens with one attached hydrogen (secondary N) is 1. The average Bonchev–Trinajstić information content (AvgIpc) is 2.63. The fourth-order valence-electron chi connectivity index (χ4n) is 1.75. The second kappa shape index (κ2) is 5.04. The topological polar surface area (TPSA) is 29.9 Å². The summed E-state index contributed by atoms with van der Waals surface area (Å²) >= 11 is 4.80. The van der Waals surface area contributed by atoms with Gasteiger partial charge in [0.15, 0.2) is 16.3 Å². The van der Waals surface area contributed by atoms with Crippen LogP contribution < -0.4 is 4.74 Å². The molecule has 0 saturated carbocycles. The molecule has 1 aromatic heterocycles. The van der Waals surface area contributed by atoms with Gasteiger partial charge in [-0.2, -0.15) is 8.78 Å². The van der Waals surface area contributed by atoms with E-state index in [-0.39, 0.29) is 21.6 Å². The van der Waals surface area contributed by atoms with E-state index < -0.39 is 24.7 Å². The first-order chi connectivity index (χ1) is 9.26. The van der Waals surface area contributed by atoms with Gasteiger partial charge in [-0.3, -0.25) is 0 Å². The van der Waals surface area contributed by atoms with Gasteiger partial charge in [0.1, 0.15) is 0 Å². The molecule has 9 heteroatoms. The maximum Gasteiger partial charge on any atom is 0.324 e. The minimum atomic E-state index is -4.24. The largest absolute Gasteiger partial charge is 0.494 e. The van der Waals surface area contributed by atoms with Crippen LogP contribution in [0.1, 0.15) is 0 Å². The van der Waals surface area contributed by atoms with E-state index >= 15 is 0 Å². The lowest BCUT2D eigenvalue weighted by Gasteiger charge is -2.16. The zero-order valence-electron chi connectivity index (χ0n) is 10.1. The van der Waals surface area contributed by atoms with Crippen LogP contribution in [0.4, 0.5) is 22.0 Å². The molecule has 0 aliphatic carbocycles. The zero-order valence-corrected chi connectivity index (χ0v) is 10.9. The summed E-state index contributed by atoms with van der Waals surface area (Å²) < 4.78 is 69.6. The molecule has 1 N–H and O–H groups in total. The second-order valence-corrected chi connectivity index (χ2v) is 4.47. The number of imidazole rings is 1. The fraction of sp³-hybridized carbons (Fsp3) is 0.364. The summed E-state index contributed by atoms with van der Waals surface area (Å²) in [6.07, 6.45) is -3.82. The van der Waals surface area contributed by atoms with E-state index in [0.717, 1.165) is 16.7 Å². The number of benzene rings is 1. The zero-order chi connectivity index (χ0) is 15.1. The number of methoxy groups -OCH3 is 1. The highest BCUT2D eigenvalue weighted by Crippen LogP contribution is 2.29. The number of rotatable bonds is 4. The summed E-state index contributed by atoms with van der Waals surface area (Å²) in [5.41, 5.74) is 0.187. The SMILES string of the molecule is COc1cc2c(cc1F)[nH]c(=S)n2CC(F)(F)C(F)F. The molecule has 0 atom stereocenters. The third kappa shape index (κ3) is 2.49. The van der Waals surface area contributed by atoms with Gasteiger partial charge in [-0.15, -0.1) is 0 Å². The number of halogens is 5. The number of nitrogens with zero attached hydrogens (tertiary/aromatic N) is 1. The monoisotopic (exact) mass is 312 g/mol. The van der Waals surface area contributed by atoms with Crippen molar-refractivity contribution >= 4 is 23.3 Å². The van der Waals surface area contributed by atoms with Crippen molar-refractivity contribution in [2.45, 2.75) is 18.9 Å². The summed E-state index contributed by atoms with van der Waals surface area (Å²) in [6.45, 7) is -1.31. The van der Waals surface area contributed by atoms with Crippen molar-refractivity contribution in [2.24, 2.45) is 0 Å². The number of ether oxygens (including phenoxy) is 1. The molecule has 0 aliphatic rings. The number of aromatic nitrogens is 2. The van der Waals surface area contributed by atoms with Crippen LogP contribution in [0.2, 0.25) is 0 Å². The lowest BCUT2D eigenvalue weighted by Crippen LogP contribution is -2.32. The predicted octanol–water partition coefficient (Wildman–Crippen LogP) is 3.75. The van der Waals surface area contributed by atoms with Gasteiger partial charge >= 0.3 is 12.3 Å². The number of aromatic amines is 1. The molecule has 20 heavy (non-hydrogen) atoms. The Morgan fingerprint density at radius 1 is 1.40 bits per heavy atom. The maximum atomic E-state index is 13.5. The predicted molar refractivity (Wildman–Crippen MR) is 64.6 cm³/mol. The van der Waals surface area contributed by atoms with Gasteiger partial charge < -0.3 is 14.3 Å². The van der Waals surface area contributed by atoms with Crippen molar-refractivity contribution in [3.63, 3.8) is 0 Å². The molecule has 0 aliphatic heterocycles. The molecule has 0 spiro atoms. The Morgan fingerprint density at radius 2 is 2.05 bits per heavy atom. The molecule has 1 heterocycles. The molecule has 0 amide bonds. The van der Waals surface area contributed by atoms with Crippen LogP contribution in [-0.2, 0) is 6.54 Å². The van der Waals surface area contributed by atoms with Gasteiger partial charge in [0.05, 0.1) is 24.7 Å². The van der Waals surface area contributed by atoms with Gasteiger partial charge in [-0.1, -0.05) is 0 Å². The molecule has 110 valence electrons. The van der Waals surface area contributed by atoms with E-state index in [2.05, 4.69) is 4.98 Å². The number of alkyl halides is 4. The number of hydrogen-bond acceptors (Lipinski definition) is 2. The third-order valence-electron chi connectivity index (χ3n) is 2.74. The Hall–Kier alpha value is -1.64. The van der Waals surface area contributed by atoms with Gasteiger partial charge in [0.25, 0.3) is 0 Å². The molecule has 1 aromatic carbocycles. The highest BCUT2D eigenvalue weighted by Gasteiger charge is 2.41. The molecule has 0 saturated heterocycles. The van der Waals surface area contributed by atoms with Crippen LogP contribution in [0.3, 0.4) is 0 Å². The Labute approximate surface area is 115 Å². The number of H-pyrrole nitrogens is 1. The first-order valence-electron chi connectivity index (χ1n) is 5.38. The van der Waals surface area contributed by atoms with E-state index in [9.17, 15) is 22.0 Å². The summed E-state index contributed by atoms with van der Waals surface area (Å²) in [5.74, 6) is -5.15. The third-order valence-corrected chi connectivity index (χ3v) is 3.06. The summed E-state index contributed by atoms with van der Waals surface area (Å²) in [4.78, 5) is 2.48. The van der Waals surface area contributed by atoms with Crippen molar-refractivity contribution in [3.8, 4) is 5.75 Å². The van der Waals surface area contributed by atoms with Crippen molar-refractivity contribution in [2.75, 3.05) is 7.11 Å². The van der Waals surface area contributed by atoms with Crippen LogP contribution >= 0.6 is 12.2 Å². The summed E-state index contributed by atoms with van der Waals surface area (Å²) in [5, 5.41) is 0. The molecule has 0 unspecified atom stereocenters. The highest BCUT2D eigenvalue weighted by molar-refractivity contribution is 7.71. The van der Waals surface area contributed by atoms with Gasteiger partial charge in [-0.25, -0.2) is 13.2 Å². The maximum absolute atomic E-state index is 13.5. The van der Waals surface area contributed by atoms with E-state index in [1.807, 2.05) is 0 Å². The molecule has 3 nitrogen and oxygen atoms in total. The minimum absolute atomic E-state index is 0.0635. The van der Waals surface area contributed by atoms with Crippen LogP contribution in [0.5, 0.6) is 5.75 Å². The first kappa shape index (κ1) is 14.8. The molecule has 2 aromatic rings. The standard InChI is InChI=1S/C11H9F5N2OS/c1-19-8-3-7-6(2-5(8)12)17-10(20)18(7)4-11(15,16)9(13)14/h2-3,9H,4H2,1H3,(H,17,20). The first-order valence-corrected chi connectivity index (χ1v) is 5.79. The van der Waals surface area contributed by atoms with Gasteiger partial charge in [0.2, 0.25) is 0 Å². The number of fused-ring (bicyclic) bond motifs is 1. The Morgan fingerprint density at radius 3 is 2.60 bits per heavy atom. The van der Waals surface area contributed by atoms with Crippen molar-refractivity contribution < 1.29 is 26.7 Å². The van der Waals surface area contributed by atoms with Crippen LogP contribution in [0.15, 0.2) is 12.1 Å². The molecule has 0 radical (unpaired) electrons. The molecular weight excluding hydrogens is 303 g/mol. The molecular formula is C11H9F5N2OS.